The molecule has 0 saturated carbocycles. The number of fused-ring (bicyclic) bond motifs is 1. The molecule has 2 heterocycles. The zero-order valence-corrected chi connectivity index (χ0v) is 17.7. The molecule has 9 heteroatoms. The molecule has 0 saturated heterocycles. The van der Waals surface area contributed by atoms with E-state index in [1.54, 1.807) is 23.5 Å². The molecule has 5 nitrogen and oxygen atoms in total. The maximum Gasteiger partial charge on any atom is 0.226 e. The number of hydrogen-bond acceptors (Lipinski definition) is 7. The molecule has 1 N–H and O–H groups in total. The van der Waals surface area contributed by atoms with Gasteiger partial charge in [-0.05, 0) is 42.7 Å². The molecule has 148 valence electrons. The van der Waals surface area contributed by atoms with Crippen LogP contribution in [0.5, 0.6) is 0 Å². The number of carbonyl (C=O) groups is 1. The van der Waals surface area contributed by atoms with Crippen molar-refractivity contribution in [2.24, 2.45) is 0 Å². The summed E-state index contributed by atoms with van der Waals surface area (Å²) in [5.41, 5.74) is 2.02. The Morgan fingerprint density at radius 1 is 1.07 bits per heavy atom. The lowest BCUT2D eigenvalue weighted by Crippen LogP contribution is -2.11. The number of aromatic nitrogens is 3. The van der Waals surface area contributed by atoms with Gasteiger partial charge in [0.15, 0.2) is 4.34 Å². The van der Waals surface area contributed by atoms with Crippen LogP contribution in [-0.4, -0.2) is 21.1 Å². The fourth-order valence-electron chi connectivity index (χ4n) is 2.65. The molecule has 2 aromatic carbocycles. The lowest BCUT2D eigenvalue weighted by atomic mass is 10.2. The van der Waals surface area contributed by atoms with E-state index in [-0.39, 0.29) is 11.7 Å². The Labute approximate surface area is 179 Å². The van der Waals surface area contributed by atoms with E-state index in [4.69, 9.17) is 0 Å². The summed E-state index contributed by atoms with van der Waals surface area (Å²) in [6.45, 7) is 0. The molecule has 0 aliphatic rings. The second-order valence-electron chi connectivity index (χ2n) is 6.27. The van der Waals surface area contributed by atoms with Crippen LogP contribution in [-0.2, 0) is 17.0 Å². The van der Waals surface area contributed by atoms with Crippen LogP contribution in [0.1, 0.15) is 23.4 Å². The lowest BCUT2D eigenvalue weighted by molar-refractivity contribution is -0.116. The van der Waals surface area contributed by atoms with Crippen LogP contribution in [0.15, 0.2) is 52.9 Å². The quantitative estimate of drug-likeness (QED) is 0.285. The highest BCUT2D eigenvalue weighted by Gasteiger charge is 2.10. The Balaban J connectivity index is 1.22. The third-order valence-electron chi connectivity index (χ3n) is 4.06. The van der Waals surface area contributed by atoms with Gasteiger partial charge in [0.25, 0.3) is 0 Å². The van der Waals surface area contributed by atoms with Crippen LogP contribution in [0.4, 0.5) is 9.52 Å². The number of anilines is 1. The average Bonchev–Trinajstić information content (AvgIpc) is 3.33. The van der Waals surface area contributed by atoms with Crippen molar-refractivity contribution >= 4 is 55.7 Å². The maximum atomic E-state index is 12.9. The molecule has 0 unspecified atom stereocenters. The lowest BCUT2D eigenvalue weighted by Gasteiger charge is -2.00. The number of carbonyl (C=O) groups excluding carboxylic acids is 1. The van der Waals surface area contributed by atoms with Gasteiger partial charge in [-0.3, -0.25) is 4.79 Å². The van der Waals surface area contributed by atoms with Crippen molar-refractivity contribution in [2.75, 3.05) is 5.32 Å². The molecule has 0 radical (unpaired) electrons. The predicted octanol–water partition coefficient (Wildman–Crippen LogP) is 5.54. The molecule has 4 aromatic rings. The van der Waals surface area contributed by atoms with Crippen molar-refractivity contribution in [3.8, 4) is 0 Å². The number of thiazole rings is 1. The van der Waals surface area contributed by atoms with Crippen LogP contribution >= 0.6 is 34.4 Å². The van der Waals surface area contributed by atoms with Gasteiger partial charge in [0, 0.05) is 12.2 Å². The maximum absolute atomic E-state index is 12.9. The first-order valence-corrected chi connectivity index (χ1v) is 11.6. The van der Waals surface area contributed by atoms with E-state index in [1.165, 1.54) is 39.9 Å². The van der Waals surface area contributed by atoms with E-state index in [2.05, 4.69) is 26.6 Å². The van der Waals surface area contributed by atoms with Crippen LogP contribution in [0, 0.1) is 5.82 Å². The van der Waals surface area contributed by atoms with Gasteiger partial charge in [-0.15, -0.1) is 21.5 Å². The summed E-state index contributed by atoms with van der Waals surface area (Å²) in [6.07, 6.45) is 1.92. The van der Waals surface area contributed by atoms with Gasteiger partial charge in [0.1, 0.15) is 5.82 Å². The number of halogens is 1. The standard InChI is InChI=1S/C20H17FN4OS3/c21-14-10-8-13(9-11-14)12-27-20-25-24-19(29-20)23-17(26)6-3-7-18-22-15-4-1-2-5-16(15)28-18/h1-2,4-5,8-11H,3,6-7,12H2,(H,23,24,26). The molecular formula is C20H17FN4OS3. The molecule has 0 atom stereocenters. The zero-order chi connectivity index (χ0) is 20.1. The summed E-state index contributed by atoms with van der Waals surface area (Å²) >= 11 is 4.52. The SMILES string of the molecule is O=C(CCCc1nc2ccccc2s1)Nc1nnc(SCc2ccc(F)cc2)s1. The number of hydrogen-bond donors (Lipinski definition) is 1. The number of amides is 1. The van der Waals surface area contributed by atoms with Crippen LogP contribution in [0.25, 0.3) is 10.2 Å². The first-order chi connectivity index (χ1) is 14.2. The van der Waals surface area contributed by atoms with Gasteiger partial charge in [-0.2, -0.15) is 0 Å². The fourth-order valence-corrected chi connectivity index (χ4v) is 5.39. The van der Waals surface area contributed by atoms with Crippen LogP contribution in [0.2, 0.25) is 0 Å². The van der Waals surface area contributed by atoms with E-state index in [0.29, 0.717) is 17.3 Å². The van der Waals surface area contributed by atoms with Gasteiger partial charge in [-0.1, -0.05) is 47.4 Å². The van der Waals surface area contributed by atoms with Crippen molar-refractivity contribution in [1.82, 2.24) is 15.2 Å². The highest BCUT2D eigenvalue weighted by molar-refractivity contribution is 8.00. The number of nitrogens with one attached hydrogen (secondary N) is 1. The Morgan fingerprint density at radius 2 is 1.90 bits per heavy atom. The molecule has 0 spiro atoms. The summed E-state index contributed by atoms with van der Waals surface area (Å²) in [5, 5.41) is 12.5. The van der Waals surface area contributed by atoms with Crippen LogP contribution < -0.4 is 5.32 Å². The molecule has 0 fully saturated rings. The van der Waals surface area contributed by atoms with Crippen molar-refractivity contribution in [3.63, 3.8) is 0 Å². The zero-order valence-electron chi connectivity index (χ0n) is 15.3. The van der Waals surface area contributed by atoms with Crippen molar-refractivity contribution in [3.05, 3.63) is 64.9 Å². The minimum absolute atomic E-state index is 0.0719. The van der Waals surface area contributed by atoms with Gasteiger partial charge >= 0.3 is 0 Å². The summed E-state index contributed by atoms with van der Waals surface area (Å²) in [7, 11) is 0. The van der Waals surface area contributed by atoms with Crippen LogP contribution in [0.3, 0.4) is 0 Å². The van der Waals surface area contributed by atoms with Gasteiger partial charge < -0.3 is 5.32 Å². The number of rotatable bonds is 8. The molecule has 2 aromatic heterocycles. The Hall–Kier alpha value is -2.36. The van der Waals surface area contributed by atoms with Gasteiger partial charge in [0.05, 0.1) is 15.2 Å². The molecule has 0 aliphatic carbocycles. The topological polar surface area (TPSA) is 67.8 Å². The predicted molar refractivity (Wildman–Crippen MR) is 117 cm³/mol. The third-order valence-corrected chi connectivity index (χ3v) is 7.20. The molecule has 4 rings (SSSR count). The second kappa shape index (κ2) is 9.43. The van der Waals surface area contributed by atoms with E-state index in [1.807, 2.05) is 18.2 Å². The van der Waals surface area contributed by atoms with E-state index in [0.717, 1.165) is 33.3 Å². The van der Waals surface area contributed by atoms with Crippen molar-refractivity contribution < 1.29 is 9.18 Å². The first-order valence-electron chi connectivity index (χ1n) is 9.01. The highest BCUT2D eigenvalue weighted by Crippen LogP contribution is 2.28. The number of nitrogens with zero attached hydrogens (tertiary/aromatic N) is 3. The fraction of sp³-hybridized carbons (Fsp3) is 0.200. The van der Waals surface area contributed by atoms with E-state index < -0.39 is 0 Å². The van der Waals surface area contributed by atoms with Crippen molar-refractivity contribution in [2.45, 2.75) is 29.4 Å². The first kappa shape index (κ1) is 19.9. The van der Waals surface area contributed by atoms with Crippen molar-refractivity contribution in [1.29, 1.82) is 0 Å². The van der Waals surface area contributed by atoms with E-state index in [9.17, 15) is 9.18 Å². The number of thioether (sulfide) groups is 1. The summed E-state index contributed by atoms with van der Waals surface area (Å²) < 4.78 is 14.9. The minimum atomic E-state index is -0.247. The molecule has 0 aliphatic heterocycles. The molecule has 0 bridgehead atoms. The Bertz CT molecular complexity index is 1080. The minimum Gasteiger partial charge on any atom is -0.301 e. The van der Waals surface area contributed by atoms with E-state index >= 15 is 0 Å². The number of aryl methyl sites for hydroxylation is 1. The molecular weight excluding hydrogens is 427 g/mol. The Morgan fingerprint density at radius 3 is 2.72 bits per heavy atom. The summed E-state index contributed by atoms with van der Waals surface area (Å²) in [5.74, 6) is 0.352. The van der Waals surface area contributed by atoms with Gasteiger partial charge in [-0.25, -0.2) is 9.37 Å². The summed E-state index contributed by atoms with van der Waals surface area (Å²) in [4.78, 5) is 16.8. The second-order valence-corrected chi connectivity index (χ2v) is 9.58. The molecule has 1 amide bonds. The highest BCUT2D eigenvalue weighted by atomic mass is 32.2. The smallest absolute Gasteiger partial charge is 0.226 e. The monoisotopic (exact) mass is 444 g/mol. The average molecular weight is 445 g/mol. The third kappa shape index (κ3) is 5.59. The number of para-hydroxylation sites is 1. The molecule has 29 heavy (non-hydrogen) atoms. The largest absolute Gasteiger partial charge is 0.301 e. The normalized spacial score (nSPS) is 11.1. The number of benzene rings is 2. The summed E-state index contributed by atoms with van der Waals surface area (Å²) in [6, 6.07) is 14.4. The van der Waals surface area contributed by atoms with Gasteiger partial charge in [0.2, 0.25) is 11.0 Å². The Kier molecular flexibility index (Phi) is 6.48.